The molecule has 0 unspecified atom stereocenters. The summed E-state index contributed by atoms with van der Waals surface area (Å²) in [6.07, 6.45) is -1.19. The molecule has 0 radical (unpaired) electrons. The summed E-state index contributed by atoms with van der Waals surface area (Å²) < 4.78 is 5.41. The van der Waals surface area contributed by atoms with Gasteiger partial charge >= 0.3 is 0 Å². The normalized spacial score (nSPS) is 12.4. The highest BCUT2D eigenvalue weighted by Crippen LogP contribution is 2.23. The molecule has 10 nitrogen and oxygen atoms in total. The smallest absolute Gasteiger partial charge is 0.268 e. The summed E-state index contributed by atoms with van der Waals surface area (Å²) in [6, 6.07) is 12.4. The van der Waals surface area contributed by atoms with Crippen LogP contribution in [-0.4, -0.2) is 59.9 Å². The van der Waals surface area contributed by atoms with Crippen LogP contribution in [-0.2, 0) is 9.59 Å². The van der Waals surface area contributed by atoms with Crippen molar-refractivity contribution >= 4 is 17.7 Å². The lowest BCUT2D eigenvalue weighted by Crippen LogP contribution is -2.51. The van der Waals surface area contributed by atoms with E-state index in [1.165, 1.54) is 12.4 Å². The molecule has 0 bridgehead atoms. The third-order valence-corrected chi connectivity index (χ3v) is 4.33. The molecule has 0 fully saturated rings. The van der Waals surface area contributed by atoms with Crippen molar-refractivity contribution in [1.82, 2.24) is 16.1 Å². The highest BCUT2D eigenvalue weighted by atomic mass is 16.5. The number of hydroxylamine groups is 1. The van der Waals surface area contributed by atoms with Crippen LogP contribution < -0.4 is 26.6 Å². The fourth-order valence-corrected chi connectivity index (χ4v) is 2.67. The summed E-state index contributed by atoms with van der Waals surface area (Å²) in [5.74, 6) is -1.21. The zero-order valence-corrected chi connectivity index (χ0v) is 17.0. The lowest BCUT2D eigenvalue weighted by atomic mass is 10.0. The number of rotatable bonds is 10. The van der Waals surface area contributed by atoms with E-state index < -0.39 is 24.0 Å². The Morgan fingerprint density at radius 2 is 1.61 bits per heavy atom. The first-order valence-corrected chi connectivity index (χ1v) is 9.58. The zero-order chi connectivity index (χ0) is 22.8. The molecule has 0 aliphatic heterocycles. The predicted octanol–water partition coefficient (Wildman–Crippen LogP) is -0.208. The molecule has 2 aromatic carbocycles. The first-order chi connectivity index (χ1) is 14.8. The Hall–Kier alpha value is -3.47. The van der Waals surface area contributed by atoms with Crippen molar-refractivity contribution < 1.29 is 29.4 Å². The van der Waals surface area contributed by atoms with Crippen molar-refractivity contribution in [2.75, 3.05) is 19.7 Å². The van der Waals surface area contributed by atoms with Crippen LogP contribution in [0.25, 0.3) is 11.1 Å². The van der Waals surface area contributed by atoms with Gasteiger partial charge in [0.05, 0.1) is 6.10 Å². The van der Waals surface area contributed by atoms with Crippen molar-refractivity contribution in [2.45, 2.75) is 19.1 Å². The van der Waals surface area contributed by atoms with Crippen LogP contribution in [0.5, 0.6) is 5.75 Å². The fraction of sp³-hybridized carbons (Fsp3) is 0.286. The molecule has 0 aliphatic carbocycles. The third-order valence-electron chi connectivity index (χ3n) is 4.33. The minimum Gasteiger partial charge on any atom is -0.484 e. The number of aliphatic hydroxyl groups is 1. The summed E-state index contributed by atoms with van der Waals surface area (Å²) >= 11 is 0. The Bertz CT molecular complexity index is 884. The first kappa shape index (κ1) is 23.8. The minimum atomic E-state index is -1.29. The summed E-state index contributed by atoms with van der Waals surface area (Å²) in [5, 5.41) is 23.3. The number of ether oxygens (including phenoxy) is 1. The molecule has 0 aliphatic rings. The highest BCUT2D eigenvalue weighted by molar-refractivity contribution is 5.98. The van der Waals surface area contributed by atoms with Gasteiger partial charge in [-0.2, -0.15) is 0 Å². The number of nitrogens with two attached hydrogens (primary N) is 1. The third kappa shape index (κ3) is 7.07. The fourth-order valence-electron chi connectivity index (χ4n) is 2.67. The van der Waals surface area contributed by atoms with E-state index in [2.05, 4.69) is 10.6 Å². The number of aliphatic hydroxyl groups excluding tert-OH is 1. The van der Waals surface area contributed by atoms with Crippen molar-refractivity contribution in [3.8, 4) is 16.9 Å². The van der Waals surface area contributed by atoms with E-state index in [9.17, 15) is 19.5 Å². The minimum absolute atomic E-state index is 0.106. The standard InChI is InChI=1S/C21H26N4O6/c1-13(26)19(21(29)25-30)24-20(28)16-4-2-14(3-5-16)15-6-8-17(9-7-15)31-12-18(27)23-11-10-22/h2-9,13,19,26,30H,10-12,22H2,1H3,(H,23,27)(H,24,28)(H,25,29)/t13-,19+/m1/s1. The maximum absolute atomic E-state index is 12.3. The number of hydrogen-bond acceptors (Lipinski definition) is 7. The molecule has 10 heteroatoms. The largest absolute Gasteiger partial charge is 0.484 e. The molecule has 7 N–H and O–H groups in total. The Labute approximate surface area is 179 Å². The Kier molecular flexibility index (Phi) is 8.94. The molecule has 2 aromatic rings. The predicted molar refractivity (Wildman–Crippen MR) is 112 cm³/mol. The summed E-state index contributed by atoms with van der Waals surface area (Å²) in [5.41, 5.74) is 8.72. The van der Waals surface area contributed by atoms with Crippen molar-refractivity contribution in [2.24, 2.45) is 5.73 Å². The molecule has 2 atom stereocenters. The van der Waals surface area contributed by atoms with E-state index in [0.29, 0.717) is 18.8 Å². The number of amides is 3. The van der Waals surface area contributed by atoms with Crippen molar-refractivity contribution in [1.29, 1.82) is 0 Å². The average molecular weight is 430 g/mol. The molecule has 166 valence electrons. The zero-order valence-electron chi connectivity index (χ0n) is 17.0. The van der Waals surface area contributed by atoms with Gasteiger partial charge in [-0.15, -0.1) is 0 Å². The molecule has 0 aromatic heterocycles. The van der Waals surface area contributed by atoms with E-state index in [0.717, 1.165) is 11.1 Å². The molecule has 2 rings (SSSR count). The van der Waals surface area contributed by atoms with Gasteiger partial charge in [-0.05, 0) is 42.3 Å². The number of nitrogens with one attached hydrogen (secondary N) is 3. The van der Waals surface area contributed by atoms with Gasteiger partial charge < -0.3 is 26.2 Å². The van der Waals surface area contributed by atoms with E-state index >= 15 is 0 Å². The molecule has 3 amide bonds. The van der Waals surface area contributed by atoms with Gasteiger partial charge in [0.1, 0.15) is 11.8 Å². The van der Waals surface area contributed by atoms with Gasteiger partial charge in [-0.1, -0.05) is 24.3 Å². The van der Waals surface area contributed by atoms with Crippen LogP contribution >= 0.6 is 0 Å². The summed E-state index contributed by atoms with van der Waals surface area (Å²) in [4.78, 5) is 35.4. The lowest BCUT2D eigenvalue weighted by Gasteiger charge is -2.19. The maximum Gasteiger partial charge on any atom is 0.268 e. The van der Waals surface area contributed by atoms with Gasteiger partial charge in [0.15, 0.2) is 6.61 Å². The highest BCUT2D eigenvalue weighted by Gasteiger charge is 2.25. The van der Waals surface area contributed by atoms with Crippen molar-refractivity contribution in [3.05, 3.63) is 54.1 Å². The van der Waals surface area contributed by atoms with Gasteiger partial charge in [-0.25, -0.2) is 5.48 Å². The summed E-state index contributed by atoms with van der Waals surface area (Å²) in [7, 11) is 0. The average Bonchev–Trinajstić information content (AvgIpc) is 2.79. The molecule has 0 heterocycles. The summed E-state index contributed by atoms with van der Waals surface area (Å²) in [6.45, 7) is 1.97. The number of carbonyl (C=O) groups excluding carboxylic acids is 3. The van der Waals surface area contributed by atoms with E-state index in [4.69, 9.17) is 15.7 Å². The van der Waals surface area contributed by atoms with Gasteiger partial charge in [0.25, 0.3) is 17.7 Å². The molecule has 0 saturated carbocycles. The molecular formula is C21H26N4O6. The van der Waals surface area contributed by atoms with Gasteiger partial charge in [-0.3, -0.25) is 19.6 Å². The second-order valence-electron chi connectivity index (χ2n) is 6.70. The van der Waals surface area contributed by atoms with Crippen LogP contribution in [0.4, 0.5) is 0 Å². The number of carbonyl (C=O) groups is 3. The lowest BCUT2D eigenvalue weighted by molar-refractivity contribution is -0.133. The Morgan fingerprint density at radius 1 is 1.03 bits per heavy atom. The van der Waals surface area contributed by atoms with Crippen LogP contribution in [0.2, 0.25) is 0 Å². The quantitative estimate of drug-likeness (QED) is 0.224. The second-order valence-corrected chi connectivity index (χ2v) is 6.70. The Balaban J connectivity index is 1.99. The molecule has 0 saturated heterocycles. The SMILES string of the molecule is C[C@@H](O)[C@H](NC(=O)c1ccc(-c2ccc(OCC(=O)NCCN)cc2)cc1)C(=O)NO. The van der Waals surface area contributed by atoms with E-state index in [-0.39, 0.29) is 18.1 Å². The van der Waals surface area contributed by atoms with Crippen LogP contribution in [0.15, 0.2) is 48.5 Å². The molecule has 31 heavy (non-hydrogen) atoms. The number of hydrogen-bond donors (Lipinski definition) is 6. The monoisotopic (exact) mass is 430 g/mol. The van der Waals surface area contributed by atoms with Crippen LogP contribution in [0, 0.1) is 0 Å². The molecule has 0 spiro atoms. The van der Waals surface area contributed by atoms with E-state index in [1.807, 2.05) is 12.1 Å². The van der Waals surface area contributed by atoms with Crippen LogP contribution in [0.1, 0.15) is 17.3 Å². The topological polar surface area (TPSA) is 163 Å². The first-order valence-electron chi connectivity index (χ1n) is 9.58. The van der Waals surface area contributed by atoms with E-state index in [1.54, 1.807) is 36.4 Å². The molecular weight excluding hydrogens is 404 g/mol. The van der Waals surface area contributed by atoms with Gasteiger partial charge in [0, 0.05) is 18.7 Å². The van der Waals surface area contributed by atoms with Crippen molar-refractivity contribution in [3.63, 3.8) is 0 Å². The maximum atomic E-state index is 12.3. The number of benzene rings is 2. The van der Waals surface area contributed by atoms with Gasteiger partial charge in [0.2, 0.25) is 0 Å². The Morgan fingerprint density at radius 3 is 2.13 bits per heavy atom. The second kappa shape index (κ2) is 11.6. The van der Waals surface area contributed by atoms with Crippen LogP contribution in [0.3, 0.4) is 0 Å².